The van der Waals surface area contributed by atoms with Crippen molar-refractivity contribution in [1.82, 2.24) is 0 Å². The van der Waals surface area contributed by atoms with Gasteiger partial charge in [0.25, 0.3) is 5.91 Å². The molecule has 0 aliphatic carbocycles. The lowest BCUT2D eigenvalue weighted by Gasteiger charge is -2.28. The summed E-state index contributed by atoms with van der Waals surface area (Å²) in [7, 11) is 4.50. The fraction of sp³-hybridized carbons (Fsp3) is 0.462. The topological polar surface area (TPSA) is 86.3 Å². The lowest BCUT2D eigenvalue weighted by Crippen LogP contribution is -2.42. The van der Waals surface area contributed by atoms with E-state index in [2.05, 4.69) is 19.2 Å². The number of hydrogen-bond donors (Lipinski definition) is 1. The van der Waals surface area contributed by atoms with Gasteiger partial charge in [0.15, 0.2) is 11.5 Å². The Kier molecular flexibility index (Phi) is 7.59. The number of ether oxygens (including phenoxy) is 4. The minimum absolute atomic E-state index is 0.0288. The van der Waals surface area contributed by atoms with Crippen LogP contribution in [-0.4, -0.2) is 46.3 Å². The summed E-state index contributed by atoms with van der Waals surface area (Å²) < 4.78 is 22.1. The second kappa shape index (κ2) is 10.2. The zero-order chi connectivity index (χ0) is 25.0. The van der Waals surface area contributed by atoms with Crippen LogP contribution in [0.1, 0.15) is 44.5 Å². The molecule has 0 bridgehead atoms. The summed E-state index contributed by atoms with van der Waals surface area (Å²) in [4.78, 5) is 28.0. The van der Waals surface area contributed by atoms with Crippen LogP contribution >= 0.6 is 0 Å². The van der Waals surface area contributed by atoms with Crippen LogP contribution in [0.5, 0.6) is 23.0 Å². The maximum absolute atomic E-state index is 13.2. The van der Waals surface area contributed by atoms with E-state index in [4.69, 9.17) is 18.9 Å². The molecule has 1 aliphatic rings. The van der Waals surface area contributed by atoms with Crippen LogP contribution in [0, 0.1) is 11.3 Å². The van der Waals surface area contributed by atoms with Gasteiger partial charge in [0, 0.05) is 23.9 Å². The number of nitrogens with one attached hydrogen (secondary N) is 1. The Hall–Kier alpha value is -3.42. The van der Waals surface area contributed by atoms with E-state index in [1.807, 2.05) is 19.9 Å². The fourth-order valence-electron chi connectivity index (χ4n) is 3.75. The van der Waals surface area contributed by atoms with Crippen LogP contribution < -0.4 is 29.2 Å². The summed E-state index contributed by atoms with van der Waals surface area (Å²) >= 11 is 0. The molecular weight excluding hydrogens is 436 g/mol. The number of nitrogens with zero attached hydrogens (tertiary/aromatic N) is 1. The maximum Gasteiger partial charge on any atom is 0.255 e. The predicted octanol–water partition coefficient (Wildman–Crippen LogP) is 4.76. The molecule has 2 aromatic carbocycles. The molecule has 0 saturated heterocycles. The van der Waals surface area contributed by atoms with Crippen LogP contribution in [0.25, 0.3) is 0 Å². The van der Waals surface area contributed by atoms with Crippen molar-refractivity contribution in [3.63, 3.8) is 0 Å². The number of hydrogen-bond acceptors (Lipinski definition) is 6. The Morgan fingerprint density at radius 3 is 2.29 bits per heavy atom. The third kappa shape index (κ3) is 5.21. The molecule has 1 N–H and O–H groups in total. The summed E-state index contributed by atoms with van der Waals surface area (Å²) in [5, 5.41) is 2.89. The first-order valence-electron chi connectivity index (χ1n) is 11.3. The molecule has 0 fully saturated rings. The Balaban J connectivity index is 1.90. The van der Waals surface area contributed by atoms with Crippen molar-refractivity contribution in [3.05, 3.63) is 35.9 Å². The van der Waals surface area contributed by atoms with E-state index in [0.29, 0.717) is 52.4 Å². The van der Waals surface area contributed by atoms with E-state index in [9.17, 15) is 9.59 Å². The Bertz CT molecular complexity index is 1040. The molecule has 0 unspecified atom stereocenters. The van der Waals surface area contributed by atoms with E-state index < -0.39 is 5.41 Å². The van der Waals surface area contributed by atoms with Crippen molar-refractivity contribution in [2.75, 3.05) is 44.7 Å². The molecule has 34 heavy (non-hydrogen) atoms. The highest BCUT2D eigenvalue weighted by Crippen LogP contribution is 2.40. The first-order chi connectivity index (χ1) is 16.1. The highest BCUT2D eigenvalue weighted by molar-refractivity contribution is 6.06. The molecular formula is C26H34N2O6. The van der Waals surface area contributed by atoms with Gasteiger partial charge in [0.2, 0.25) is 11.7 Å². The number of carbonyl (C=O) groups excluding carboxylic acids is 2. The zero-order valence-corrected chi connectivity index (χ0v) is 21.0. The van der Waals surface area contributed by atoms with Gasteiger partial charge in [-0.1, -0.05) is 13.8 Å². The zero-order valence-electron chi connectivity index (χ0n) is 21.0. The average molecular weight is 471 g/mol. The van der Waals surface area contributed by atoms with Crippen LogP contribution in [0.15, 0.2) is 30.3 Å². The van der Waals surface area contributed by atoms with Crippen molar-refractivity contribution in [2.24, 2.45) is 11.3 Å². The molecule has 0 radical (unpaired) electrons. The minimum atomic E-state index is -0.657. The van der Waals surface area contributed by atoms with Gasteiger partial charge in [0.1, 0.15) is 12.4 Å². The number of rotatable bonds is 8. The van der Waals surface area contributed by atoms with E-state index in [1.165, 1.54) is 21.3 Å². The van der Waals surface area contributed by atoms with Crippen LogP contribution in [0.4, 0.5) is 11.4 Å². The molecule has 8 heteroatoms. The van der Waals surface area contributed by atoms with Crippen molar-refractivity contribution in [1.29, 1.82) is 0 Å². The Morgan fingerprint density at radius 1 is 1.09 bits per heavy atom. The van der Waals surface area contributed by atoms with Crippen LogP contribution in [0.3, 0.4) is 0 Å². The smallest absolute Gasteiger partial charge is 0.255 e. The standard InChI is InChI=1S/C26H34N2O6/c1-16(2)10-11-28-19-9-8-18(14-20(19)34-15-26(3,4)25(28)30)27-24(29)17-12-21(31-5)23(33-7)22(13-17)32-6/h8-9,12-14,16H,10-11,15H2,1-7H3,(H,27,29). The monoisotopic (exact) mass is 470 g/mol. The van der Waals surface area contributed by atoms with Gasteiger partial charge in [-0.05, 0) is 50.5 Å². The third-order valence-corrected chi connectivity index (χ3v) is 5.78. The fourth-order valence-corrected chi connectivity index (χ4v) is 3.75. The highest BCUT2D eigenvalue weighted by Gasteiger charge is 2.37. The Morgan fingerprint density at radius 2 is 1.74 bits per heavy atom. The van der Waals surface area contributed by atoms with Gasteiger partial charge in [0.05, 0.1) is 32.4 Å². The Labute approximate surface area is 201 Å². The van der Waals surface area contributed by atoms with Gasteiger partial charge in [-0.2, -0.15) is 0 Å². The van der Waals surface area contributed by atoms with E-state index >= 15 is 0 Å². The molecule has 2 aromatic rings. The number of benzene rings is 2. The average Bonchev–Trinajstić information content (AvgIpc) is 2.90. The number of anilines is 2. The molecule has 8 nitrogen and oxygen atoms in total. The molecule has 3 rings (SSSR count). The molecule has 0 atom stereocenters. The third-order valence-electron chi connectivity index (χ3n) is 5.78. The van der Waals surface area contributed by atoms with E-state index in [0.717, 1.165) is 6.42 Å². The normalized spacial score (nSPS) is 14.7. The molecule has 1 heterocycles. The largest absolute Gasteiger partial charge is 0.493 e. The second-order valence-electron chi connectivity index (χ2n) is 9.36. The highest BCUT2D eigenvalue weighted by atomic mass is 16.5. The number of fused-ring (bicyclic) bond motifs is 1. The van der Waals surface area contributed by atoms with Crippen molar-refractivity contribution >= 4 is 23.2 Å². The van der Waals surface area contributed by atoms with Crippen LogP contribution in [0.2, 0.25) is 0 Å². The van der Waals surface area contributed by atoms with Gasteiger partial charge in [-0.15, -0.1) is 0 Å². The molecule has 0 saturated carbocycles. The molecule has 2 amide bonds. The second-order valence-corrected chi connectivity index (χ2v) is 9.36. The summed E-state index contributed by atoms with van der Waals surface area (Å²) in [5.74, 6) is 1.89. The van der Waals surface area contributed by atoms with Crippen LogP contribution in [-0.2, 0) is 4.79 Å². The summed E-state index contributed by atoms with van der Waals surface area (Å²) in [6, 6.07) is 8.52. The van der Waals surface area contributed by atoms with Crippen molar-refractivity contribution < 1.29 is 28.5 Å². The lowest BCUT2D eigenvalue weighted by atomic mass is 9.92. The number of amides is 2. The number of carbonyl (C=O) groups is 2. The van der Waals surface area contributed by atoms with Crippen molar-refractivity contribution in [2.45, 2.75) is 34.1 Å². The quantitative estimate of drug-likeness (QED) is 0.599. The first kappa shape index (κ1) is 25.2. The minimum Gasteiger partial charge on any atom is -0.493 e. The molecule has 0 spiro atoms. The summed E-state index contributed by atoms with van der Waals surface area (Å²) in [6.45, 7) is 8.89. The number of methoxy groups -OCH3 is 3. The van der Waals surface area contributed by atoms with E-state index in [-0.39, 0.29) is 18.4 Å². The SMILES string of the molecule is COc1cc(C(=O)Nc2ccc3c(c2)OCC(C)(C)C(=O)N3CCC(C)C)cc(OC)c1OC. The van der Waals surface area contributed by atoms with E-state index in [1.54, 1.807) is 29.2 Å². The van der Waals surface area contributed by atoms with Gasteiger partial charge >= 0.3 is 0 Å². The molecule has 0 aromatic heterocycles. The van der Waals surface area contributed by atoms with Gasteiger partial charge in [-0.25, -0.2) is 0 Å². The maximum atomic E-state index is 13.2. The lowest BCUT2D eigenvalue weighted by molar-refractivity contribution is -0.127. The molecule has 184 valence electrons. The van der Waals surface area contributed by atoms with Gasteiger partial charge < -0.3 is 29.2 Å². The summed E-state index contributed by atoms with van der Waals surface area (Å²) in [6.07, 6.45) is 0.876. The first-order valence-corrected chi connectivity index (χ1v) is 11.3. The summed E-state index contributed by atoms with van der Waals surface area (Å²) in [5.41, 5.74) is 0.950. The molecule has 1 aliphatic heterocycles. The van der Waals surface area contributed by atoms with Gasteiger partial charge in [-0.3, -0.25) is 9.59 Å². The van der Waals surface area contributed by atoms with Crippen molar-refractivity contribution in [3.8, 4) is 23.0 Å². The predicted molar refractivity (Wildman–Crippen MR) is 132 cm³/mol.